The van der Waals surface area contributed by atoms with E-state index in [0.29, 0.717) is 0 Å². The van der Waals surface area contributed by atoms with Crippen molar-refractivity contribution in [1.29, 1.82) is 0 Å². The van der Waals surface area contributed by atoms with Gasteiger partial charge in [-0.15, -0.1) is 0 Å². The molecular formula is C17H20F6N2O3. The monoisotopic (exact) mass is 414 g/mol. The summed E-state index contributed by atoms with van der Waals surface area (Å²) in [7, 11) is 0. The van der Waals surface area contributed by atoms with Crippen molar-refractivity contribution in [1.82, 2.24) is 10.6 Å². The van der Waals surface area contributed by atoms with E-state index in [9.17, 15) is 35.9 Å². The Morgan fingerprint density at radius 2 is 1.68 bits per heavy atom. The zero-order chi connectivity index (χ0) is 21.8. The molecule has 5 nitrogen and oxygen atoms in total. The van der Waals surface area contributed by atoms with Crippen LogP contribution in [0.1, 0.15) is 44.4 Å². The average molecular weight is 414 g/mol. The molecule has 2 N–H and O–H groups in total. The maximum Gasteiger partial charge on any atom is 0.471 e. The normalized spacial score (nSPS) is 13.6. The highest BCUT2D eigenvalue weighted by molar-refractivity contribution is 5.81. The second-order valence-electron chi connectivity index (χ2n) is 6.86. The Kier molecular flexibility index (Phi) is 7.32. The Morgan fingerprint density at radius 3 is 2.18 bits per heavy atom. The van der Waals surface area contributed by atoms with Crippen LogP contribution in [0.25, 0.3) is 0 Å². The molecule has 0 aliphatic rings. The number of hydrogen-bond acceptors (Lipinski definition) is 3. The van der Waals surface area contributed by atoms with Crippen molar-refractivity contribution < 1.29 is 40.7 Å². The first-order chi connectivity index (χ1) is 12.6. The van der Waals surface area contributed by atoms with E-state index in [-0.39, 0.29) is 12.0 Å². The van der Waals surface area contributed by atoms with E-state index in [1.54, 1.807) is 26.1 Å². The summed E-state index contributed by atoms with van der Waals surface area (Å²) >= 11 is 0. The third-order valence-electron chi connectivity index (χ3n) is 3.28. The van der Waals surface area contributed by atoms with Gasteiger partial charge in [0.25, 0.3) is 0 Å². The first-order valence-corrected chi connectivity index (χ1v) is 8.11. The number of alkyl halides is 6. The molecule has 1 aromatic rings. The number of benzene rings is 1. The summed E-state index contributed by atoms with van der Waals surface area (Å²) in [6.07, 6.45) is -11.0. The maximum absolute atomic E-state index is 12.9. The van der Waals surface area contributed by atoms with Gasteiger partial charge in [0, 0.05) is 6.54 Å². The number of nitrogens with one attached hydrogen (secondary N) is 2. The lowest BCUT2D eigenvalue weighted by atomic mass is 10.0. The third-order valence-corrected chi connectivity index (χ3v) is 3.28. The number of alkyl carbamates (subject to hydrolysis) is 1. The highest BCUT2D eigenvalue weighted by atomic mass is 19.4. The highest BCUT2D eigenvalue weighted by Gasteiger charge is 2.38. The van der Waals surface area contributed by atoms with E-state index in [2.05, 4.69) is 5.32 Å². The van der Waals surface area contributed by atoms with Crippen LogP contribution in [0.2, 0.25) is 0 Å². The topological polar surface area (TPSA) is 67.4 Å². The fourth-order valence-electron chi connectivity index (χ4n) is 2.13. The molecule has 0 fully saturated rings. The lowest BCUT2D eigenvalue weighted by molar-refractivity contribution is -0.173. The Balaban J connectivity index is 2.98. The van der Waals surface area contributed by atoms with Crippen molar-refractivity contribution in [3.63, 3.8) is 0 Å². The van der Waals surface area contributed by atoms with Crippen LogP contribution in [0.3, 0.4) is 0 Å². The maximum atomic E-state index is 12.9. The largest absolute Gasteiger partial charge is 0.471 e. The third kappa shape index (κ3) is 8.05. The first-order valence-electron chi connectivity index (χ1n) is 8.11. The summed E-state index contributed by atoms with van der Waals surface area (Å²) < 4.78 is 80.5. The molecule has 2 amide bonds. The molecule has 0 saturated heterocycles. The summed E-state index contributed by atoms with van der Waals surface area (Å²) in [5, 5.41) is 3.93. The molecule has 11 heteroatoms. The molecule has 0 radical (unpaired) electrons. The Labute approximate surface area is 157 Å². The zero-order valence-corrected chi connectivity index (χ0v) is 15.3. The van der Waals surface area contributed by atoms with Gasteiger partial charge in [0.15, 0.2) is 0 Å². The average Bonchev–Trinajstić information content (AvgIpc) is 2.50. The molecule has 1 rings (SSSR count). The molecule has 158 valence electrons. The van der Waals surface area contributed by atoms with Gasteiger partial charge in [0.05, 0.1) is 11.6 Å². The van der Waals surface area contributed by atoms with Crippen LogP contribution in [0.4, 0.5) is 31.1 Å². The molecular weight excluding hydrogens is 394 g/mol. The quantitative estimate of drug-likeness (QED) is 0.705. The van der Waals surface area contributed by atoms with E-state index in [4.69, 9.17) is 4.74 Å². The fraction of sp³-hybridized carbons (Fsp3) is 0.529. The predicted molar refractivity (Wildman–Crippen MR) is 87.2 cm³/mol. The van der Waals surface area contributed by atoms with Crippen LogP contribution < -0.4 is 10.6 Å². The standard InChI is InChI=1S/C17H20F6N2O3/c1-15(2,3)28-14(27)25-12(7-8-24-13(26)17(21,22)23)10-5-4-6-11(9-10)16(18,19)20/h4-6,9,12H,7-8H2,1-3H3,(H,24,26)(H,25,27). The number of amides is 2. The van der Waals surface area contributed by atoms with Gasteiger partial charge in [-0.3, -0.25) is 4.79 Å². The minimum Gasteiger partial charge on any atom is -0.444 e. The van der Waals surface area contributed by atoms with E-state index in [0.717, 1.165) is 18.2 Å². The van der Waals surface area contributed by atoms with E-state index in [1.165, 1.54) is 6.07 Å². The Morgan fingerprint density at radius 1 is 1.07 bits per heavy atom. The molecule has 0 aromatic heterocycles. The van der Waals surface area contributed by atoms with Crippen LogP contribution >= 0.6 is 0 Å². The Bertz CT molecular complexity index is 695. The van der Waals surface area contributed by atoms with Gasteiger partial charge in [-0.05, 0) is 44.9 Å². The van der Waals surface area contributed by atoms with Crippen molar-refractivity contribution in [2.75, 3.05) is 6.54 Å². The second-order valence-corrected chi connectivity index (χ2v) is 6.86. The molecule has 1 unspecified atom stereocenters. The first kappa shape index (κ1) is 23.6. The number of rotatable bonds is 5. The van der Waals surface area contributed by atoms with Crippen LogP contribution in [0, 0.1) is 0 Å². The van der Waals surface area contributed by atoms with Crippen molar-refractivity contribution in [2.45, 2.75) is 51.2 Å². The summed E-state index contributed by atoms with van der Waals surface area (Å²) in [6.45, 7) is 4.16. The minimum atomic E-state index is -5.09. The summed E-state index contributed by atoms with van der Waals surface area (Å²) in [4.78, 5) is 22.8. The number of carbonyl (C=O) groups is 2. The Hall–Kier alpha value is -2.46. The summed E-state index contributed by atoms with van der Waals surface area (Å²) in [6, 6.07) is 2.86. The van der Waals surface area contributed by atoms with Crippen molar-refractivity contribution in [3.05, 3.63) is 35.4 Å². The lowest BCUT2D eigenvalue weighted by Gasteiger charge is -2.24. The van der Waals surface area contributed by atoms with E-state index < -0.39 is 48.1 Å². The van der Waals surface area contributed by atoms with Gasteiger partial charge in [0.2, 0.25) is 0 Å². The molecule has 0 spiro atoms. The number of halogens is 6. The lowest BCUT2D eigenvalue weighted by Crippen LogP contribution is -2.40. The van der Waals surface area contributed by atoms with Crippen molar-refractivity contribution in [3.8, 4) is 0 Å². The van der Waals surface area contributed by atoms with Crippen LogP contribution in [0.15, 0.2) is 24.3 Å². The summed E-state index contributed by atoms with van der Waals surface area (Å²) in [5.74, 6) is -2.19. The van der Waals surface area contributed by atoms with E-state index >= 15 is 0 Å². The summed E-state index contributed by atoms with van der Waals surface area (Å²) in [5.41, 5.74) is -1.88. The number of hydrogen-bond donors (Lipinski definition) is 2. The second kappa shape index (κ2) is 8.70. The zero-order valence-electron chi connectivity index (χ0n) is 15.3. The van der Waals surface area contributed by atoms with Gasteiger partial charge in [-0.2, -0.15) is 26.3 Å². The molecule has 28 heavy (non-hydrogen) atoms. The minimum absolute atomic E-state index is 0.00180. The van der Waals surface area contributed by atoms with Gasteiger partial charge in [-0.25, -0.2) is 4.79 Å². The van der Waals surface area contributed by atoms with Crippen LogP contribution in [-0.2, 0) is 15.7 Å². The van der Waals surface area contributed by atoms with E-state index in [1.807, 2.05) is 0 Å². The van der Waals surface area contributed by atoms with Gasteiger partial charge >= 0.3 is 24.4 Å². The molecule has 0 saturated carbocycles. The molecule has 0 aliphatic carbocycles. The molecule has 0 heterocycles. The molecule has 0 aliphatic heterocycles. The van der Waals surface area contributed by atoms with Crippen molar-refractivity contribution in [2.24, 2.45) is 0 Å². The number of ether oxygens (including phenoxy) is 1. The smallest absolute Gasteiger partial charge is 0.444 e. The molecule has 1 atom stereocenters. The highest BCUT2D eigenvalue weighted by Crippen LogP contribution is 2.31. The number of carbonyl (C=O) groups excluding carboxylic acids is 2. The van der Waals surface area contributed by atoms with Gasteiger partial charge in [-0.1, -0.05) is 12.1 Å². The predicted octanol–water partition coefficient (Wildman–Crippen LogP) is 4.34. The van der Waals surface area contributed by atoms with Crippen molar-refractivity contribution >= 4 is 12.0 Å². The van der Waals surface area contributed by atoms with Gasteiger partial charge < -0.3 is 15.4 Å². The van der Waals surface area contributed by atoms with Crippen LogP contribution in [-0.4, -0.2) is 30.3 Å². The molecule has 1 aromatic carbocycles. The fourth-order valence-corrected chi connectivity index (χ4v) is 2.13. The molecule has 0 bridgehead atoms. The SMILES string of the molecule is CC(C)(C)OC(=O)NC(CCNC(=O)C(F)(F)F)c1cccc(C(F)(F)F)c1. The van der Waals surface area contributed by atoms with Gasteiger partial charge in [0.1, 0.15) is 5.60 Å². The van der Waals surface area contributed by atoms with Crippen LogP contribution in [0.5, 0.6) is 0 Å².